The number of halogens is 1. The molecular weight excluding hydrogens is 247 g/mol. The van der Waals surface area contributed by atoms with Gasteiger partial charge in [0, 0.05) is 11.1 Å². The maximum absolute atomic E-state index is 12.7. The molecule has 4 heteroatoms. The fourth-order valence-corrected chi connectivity index (χ4v) is 1.64. The van der Waals surface area contributed by atoms with Gasteiger partial charge in [0.1, 0.15) is 11.6 Å². The van der Waals surface area contributed by atoms with Crippen LogP contribution in [0, 0.1) is 5.82 Å². The molecule has 2 aromatic rings. The molecular formula is C15H13FO3. The third-order valence-electron chi connectivity index (χ3n) is 2.67. The van der Waals surface area contributed by atoms with Crippen molar-refractivity contribution in [3.63, 3.8) is 0 Å². The van der Waals surface area contributed by atoms with E-state index >= 15 is 0 Å². The highest BCUT2D eigenvalue weighted by Crippen LogP contribution is 2.18. The summed E-state index contributed by atoms with van der Waals surface area (Å²) in [5.74, 6) is -0.156. The van der Waals surface area contributed by atoms with Crippen LogP contribution in [0.2, 0.25) is 0 Å². The summed E-state index contributed by atoms with van der Waals surface area (Å²) >= 11 is 0. The number of hydrogen-bond donors (Lipinski definition) is 1. The number of carbonyl (C=O) groups excluding carboxylic acids is 1. The van der Waals surface area contributed by atoms with Crippen molar-refractivity contribution < 1.29 is 19.0 Å². The van der Waals surface area contributed by atoms with Gasteiger partial charge in [0.25, 0.3) is 0 Å². The first-order valence-electron chi connectivity index (χ1n) is 5.81. The molecule has 0 atom stereocenters. The number of para-hydroxylation sites is 1. The number of ether oxygens (including phenoxy) is 1. The van der Waals surface area contributed by atoms with E-state index in [1.54, 1.807) is 24.3 Å². The molecule has 1 N–H and O–H groups in total. The number of rotatable bonds is 5. The first kappa shape index (κ1) is 13.2. The predicted molar refractivity (Wildman–Crippen MR) is 68.6 cm³/mol. The maximum Gasteiger partial charge on any atom is 0.200 e. The zero-order valence-electron chi connectivity index (χ0n) is 10.2. The first-order valence-corrected chi connectivity index (χ1v) is 5.81. The maximum atomic E-state index is 12.7. The van der Waals surface area contributed by atoms with Gasteiger partial charge in [0.15, 0.2) is 12.4 Å². The normalized spacial score (nSPS) is 10.2. The summed E-state index contributed by atoms with van der Waals surface area (Å²) in [4.78, 5) is 11.8. The highest BCUT2D eigenvalue weighted by Gasteiger charge is 2.08. The Morgan fingerprint density at radius 3 is 2.47 bits per heavy atom. The summed E-state index contributed by atoms with van der Waals surface area (Å²) in [5.41, 5.74) is 1.01. The summed E-state index contributed by atoms with van der Waals surface area (Å²) in [5, 5.41) is 9.12. The number of hydrogen-bond acceptors (Lipinski definition) is 3. The lowest BCUT2D eigenvalue weighted by molar-refractivity contribution is 0.0919. The Morgan fingerprint density at radius 1 is 1.11 bits per heavy atom. The molecule has 0 aliphatic rings. The minimum atomic E-state index is -0.386. The molecule has 0 spiro atoms. The van der Waals surface area contributed by atoms with Crippen molar-refractivity contribution in [2.75, 3.05) is 6.61 Å². The van der Waals surface area contributed by atoms with Crippen LogP contribution in [0.4, 0.5) is 4.39 Å². The van der Waals surface area contributed by atoms with Gasteiger partial charge in [0.05, 0.1) is 6.61 Å². The molecule has 0 saturated heterocycles. The minimum absolute atomic E-state index is 0.150. The van der Waals surface area contributed by atoms with Crippen molar-refractivity contribution in [1.82, 2.24) is 0 Å². The monoisotopic (exact) mass is 260 g/mol. The predicted octanol–water partition coefficient (Wildman–Crippen LogP) is 2.58. The Bertz CT molecular complexity index is 564. The van der Waals surface area contributed by atoms with Crippen molar-refractivity contribution >= 4 is 5.78 Å². The van der Waals surface area contributed by atoms with Crippen molar-refractivity contribution in [3.05, 3.63) is 65.5 Å². The van der Waals surface area contributed by atoms with Crippen LogP contribution in [0.15, 0.2) is 48.5 Å². The second-order valence-electron chi connectivity index (χ2n) is 3.98. The van der Waals surface area contributed by atoms with E-state index < -0.39 is 0 Å². The minimum Gasteiger partial charge on any atom is -0.485 e. The van der Waals surface area contributed by atoms with Crippen LogP contribution >= 0.6 is 0 Å². The number of Topliss-reactive ketones (excluding diaryl/α,β-unsaturated/α-hetero) is 1. The van der Waals surface area contributed by atoms with E-state index in [1.807, 2.05) is 0 Å². The van der Waals surface area contributed by atoms with Gasteiger partial charge in [-0.15, -0.1) is 0 Å². The molecule has 0 amide bonds. The summed E-state index contributed by atoms with van der Waals surface area (Å²) in [7, 11) is 0. The van der Waals surface area contributed by atoms with E-state index in [0.717, 1.165) is 0 Å². The molecule has 0 aromatic heterocycles. The van der Waals surface area contributed by atoms with Crippen molar-refractivity contribution in [1.29, 1.82) is 0 Å². The molecule has 0 unspecified atom stereocenters. The zero-order chi connectivity index (χ0) is 13.7. The molecule has 0 aliphatic heterocycles. The van der Waals surface area contributed by atoms with Gasteiger partial charge in [-0.2, -0.15) is 0 Å². The van der Waals surface area contributed by atoms with Gasteiger partial charge in [-0.1, -0.05) is 18.2 Å². The molecule has 0 heterocycles. The summed E-state index contributed by atoms with van der Waals surface area (Å²) < 4.78 is 18.1. The third-order valence-corrected chi connectivity index (χ3v) is 2.67. The van der Waals surface area contributed by atoms with Gasteiger partial charge < -0.3 is 9.84 Å². The van der Waals surface area contributed by atoms with Crippen LogP contribution in [0.25, 0.3) is 0 Å². The topological polar surface area (TPSA) is 46.5 Å². The third kappa shape index (κ3) is 3.39. The van der Waals surface area contributed by atoms with Crippen LogP contribution in [0.3, 0.4) is 0 Å². The Balaban J connectivity index is 2.02. The quantitative estimate of drug-likeness (QED) is 0.840. The Morgan fingerprint density at radius 2 is 1.79 bits per heavy atom. The largest absolute Gasteiger partial charge is 0.485 e. The molecule has 2 rings (SSSR count). The lowest BCUT2D eigenvalue weighted by atomic mass is 10.1. The molecule has 2 aromatic carbocycles. The van der Waals surface area contributed by atoms with E-state index in [0.29, 0.717) is 16.9 Å². The summed E-state index contributed by atoms with van der Waals surface area (Å²) in [6, 6.07) is 12.2. The van der Waals surface area contributed by atoms with Crippen LogP contribution in [-0.2, 0) is 6.61 Å². The zero-order valence-corrected chi connectivity index (χ0v) is 10.2. The van der Waals surface area contributed by atoms with Gasteiger partial charge in [-0.05, 0) is 30.3 Å². The molecule has 0 aliphatic carbocycles. The fraction of sp³-hybridized carbons (Fsp3) is 0.133. The highest BCUT2D eigenvalue weighted by atomic mass is 19.1. The second kappa shape index (κ2) is 6.11. The molecule has 98 valence electrons. The van der Waals surface area contributed by atoms with Crippen LogP contribution in [0.1, 0.15) is 15.9 Å². The molecule has 0 fully saturated rings. The van der Waals surface area contributed by atoms with E-state index in [4.69, 9.17) is 9.84 Å². The van der Waals surface area contributed by atoms with Crippen LogP contribution in [0.5, 0.6) is 5.75 Å². The van der Waals surface area contributed by atoms with E-state index in [-0.39, 0.29) is 24.8 Å². The molecule has 0 bridgehead atoms. The molecule has 0 saturated carbocycles. The summed E-state index contributed by atoms with van der Waals surface area (Å²) in [6.07, 6.45) is 0. The number of aliphatic hydroxyl groups is 1. The highest BCUT2D eigenvalue weighted by molar-refractivity contribution is 5.97. The second-order valence-corrected chi connectivity index (χ2v) is 3.98. The number of benzene rings is 2. The van der Waals surface area contributed by atoms with E-state index in [9.17, 15) is 9.18 Å². The standard InChI is InChI=1S/C15H13FO3/c16-13-7-5-11(6-8-13)14(18)10-19-15-4-2-1-3-12(15)9-17/h1-8,17H,9-10H2. The lowest BCUT2D eigenvalue weighted by Crippen LogP contribution is -2.12. The molecule has 3 nitrogen and oxygen atoms in total. The number of carbonyl (C=O) groups is 1. The number of ketones is 1. The summed E-state index contributed by atoms with van der Waals surface area (Å²) in [6.45, 7) is -0.302. The molecule has 19 heavy (non-hydrogen) atoms. The first-order chi connectivity index (χ1) is 9.20. The Kier molecular flexibility index (Phi) is 4.26. The van der Waals surface area contributed by atoms with Gasteiger partial charge in [-0.25, -0.2) is 4.39 Å². The Labute approximate surface area is 110 Å². The van der Waals surface area contributed by atoms with Gasteiger partial charge in [0.2, 0.25) is 0 Å². The Hall–Kier alpha value is -2.20. The van der Waals surface area contributed by atoms with Crippen molar-refractivity contribution in [2.45, 2.75) is 6.61 Å². The van der Waals surface area contributed by atoms with Gasteiger partial charge in [-0.3, -0.25) is 4.79 Å². The van der Waals surface area contributed by atoms with Crippen LogP contribution < -0.4 is 4.74 Å². The average molecular weight is 260 g/mol. The van der Waals surface area contributed by atoms with Crippen LogP contribution in [-0.4, -0.2) is 17.5 Å². The van der Waals surface area contributed by atoms with E-state index in [2.05, 4.69) is 0 Å². The van der Waals surface area contributed by atoms with Gasteiger partial charge >= 0.3 is 0 Å². The molecule has 0 radical (unpaired) electrons. The smallest absolute Gasteiger partial charge is 0.200 e. The SMILES string of the molecule is O=C(COc1ccccc1CO)c1ccc(F)cc1. The van der Waals surface area contributed by atoms with Crippen molar-refractivity contribution in [3.8, 4) is 5.75 Å². The average Bonchev–Trinajstić information content (AvgIpc) is 2.45. The fourth-order valence-electron chi connectivity index (χ4n) is 1.64. The number of aliphatic hydroxyl groups excluding tert-OH is 1. The lowest BCUT2D eigenvalue weighted by Gasteiger charge is -2.09. The van der Waals surface area contributed by atoms with E-state index in [1.165, 1.54) is 24.3 Å². The van der Waals surface area contributed by atoms with Crippen molar-refractivity contribution in [2.24, 2.45) is 0 Å².